The number of benzene rings is 1. The van der Waals surface area contributed by atoms with Crippen molar-refractivity contribution in [3.05, 3.63) is 70.3 Å². The number of nitrogens with zero attached hydrogens (tertiary/aromatic N) is 3. The van der Waals surface area contributed by atoms with Gasteiger partial charge in [-0.3, -0.25) is 9.78 Å². The van der Waals surface area contributed by atoms with Crippen molar-refractivity contribution in [2.45, 2.75) is 13.5 Å². The first-order chi connectivity index (χ1) is 12.1. The maximum absolute atomic E-state index is 14.0. The van der Waals surface area contributed by atoms with Crippen LogP contribution in [0, 0.1) is 5.82 Å². The van der Waals surface area contributed by atoms with E-state index in [9.17, 15) is 9.18 Å². The Kier molecular flexibility index (Phi) is 5.23. The van der Waals surface area contributed by atoms with Crippen molar-refractivity contribution in [1.29, 1.82) is 0 Å². The van der Waals surface area contributed by atoms with Crippen LogP contribution in [0.4, 0.5) is 4.39 Å². The number of aromatic nitrogens is 2. The van der Waals surface area contributed by atoms with E-state index >= 15 is 0 Å². The molecule has 0 radical (unpaired) electrons. The topological polar surface area (TPSA) is 59.2 Å². The summed E-state index contributed by atoms with van der Waals surface area (Å²) in [6, 6.07) is 9.77. The van der Waals surface area contributed by atoms with E-state index in [-0.39, 0.29) is 24.0 Å². The van der Waals surface area contributed by atoms with Crippen molar-refractivity contribution < 1.29 is 13.7 Å². The molecule has 0 spiro atoms. The molecule has 0 aliphatic rings. The van der Waals surface area contributed by atoms with Crippen molar-refractivity contribution >= 4 is 21.8 Å². The van der Waals surface area contributed by atoms with Gasteiger partial charge in [-0.05, 0) is 37.3 Å². The number of carbonyl (C=O) groups excluding carboxylic acids is 1. The van der Waals surface area contributed by atoms with Gasteiger partial charge in [0.25, 0.3) is 5.91 Å². The van der Waals surface area contributed by atoms with Gasteiger partial charge in [0.15, 0.2) is 11.5 Å². The first kappa shape index (κ1) is 17.3. The average Bonchev–Trinajstić information content (AvgIpc) is 3.13. The molecular weight excluding hydrogens is 389 g/mol. The molecular formula is C18H15BrFN3O2. The van der Waals surface area contributed by atoms with Gasteiger partial charge in [0, 0.05) is 47.1 Å². The Morgan fingerprint density at radius 3 is 2.72 bits per heavy atom. The molecule has 3 aromatic rings. The first-order valence-electron chi connectivity index (χ1n) is 7.68. The van der Waals surface area contributed by atoms with Crippen molar-refractivity contribution in [1.82, 2.24) is 15.0 Å². The minimum absolute atomic E-state index is 0.151. The van der Waals surface area contributed by atoms with Gasteiger partial charge in [0.05, 0.1) is 0 Å². The molecule has 0 bridgehead atoms. The van der Waals surface area contributed by atoms with Gasteiger partial charge >= 0.3 is 0 Å². The van der Waals surface area contributed by atoms with Gasteiger partial charge in [-0.25, -0.2) is 4.39 Å². The van der Waals surface area contributed by atoms with Gasteiger partial charge in [0.2, 0.25) is 0 Å². The number of halogens is 2. The minimum atomic E-state index is -0.355. The second kappa shape index (κ2) is 7.57. The van der Waals surface area contributed by atoms with E-state index in [0.717, 1.165) is 10.0 Å². The molecule has 0 N–H and O–H groups in total. The highest BCUT2D eigenvalue weighted by Gasteiger charge is 2.20. The molecule has 25 heavy (non-hydrogen) atoms. The lowest BCUT2D eigenvalue weighted by Gasteiger charge is -2.20. The summed E-state index contributed by atoms with van der Waals surface area (Å²) >= 11 is 3.32. The number of hydrogen-bond donors (Lipinski definition) is 0. The SMILES string of the molecule is CCN(Cc1cc(Br)ccc1F)C(=O)c1cc(-c2ccncc2)on1. The molecule has 0 fully saturated rings. The van der Waals surface area contributed by atoms with Crippen LogP contribution in [0.5, 0.6) is 0 Å². The van der Waals surface area contributed by atoms with Crippen LogP contribution in [0.15, 0.2) is 57.8 Å². The van der Waals surface area contributed by atoms with Gasteiger partial charge in [0.1, 0.15) is 5.82 Å². The summed E-state index contributed by atoms with van der Waals surface area (Å²) in [5, 5.41) is 3.85. The summed E-state index contributed by atoms with van der Waals surface area (Å²) in [6.45, 7) is 2.40. The summed E-state index contributed by atoms with van der Waals surface area (Å²) in [5.74, 6) is -0.187. The van der Waals surface area contributed by atoms with Crippen molar-refractivity contribution in [3.8, 4) is 11.3 Å². The Labute approximate surface area is 152 Å². The normalized spacial score (nSPS) is 10.7. The van der Waals surface area contributed by atoms with Gasteiger partial charge in [-0.2, -0.15) is 0 Å². The molecule has 1 amide bonds. The van der Waals surface area contributed by atoms with Crippen LogP contribution in [0.25, 0.3) is 11.3 Å². The maximum atomic E-state index is 14.0. The number of pyridine rings is 1. The second-order valence-corrected chi connectivity index (χ2v) is 6.28. The van der Waals surface area contributed by atoms with Crippen LogP contribution >= 0.6 is 15.9 Å². The van der Waals surface area contributed by atoms with Gasteiger partial charge < -0.3 is 9.42 Å². The van der Waals surface area contributed by atoms with E-state index in [2.05, 4.69) is 26.1 Å². The van der Waals surface area contributed by atoms with E-state index in [1.54, 1.807) is 42.7 Å². The van der Waals surface area contributed by atoms with Gasteiger partial charge in [-0.15, -0.1) is 0 Å². The lowest BCUT2D eigenvalue weighted by molar-refractivity contribution is 0.0740. The van der Waals surface area contributed by atoms with Gasteiger partial charge in [-0.1, -0.05) is 21.1 Å². The predicted octanol–water partition coefficient (Wildman–Crippen LogP) is 4.30. The highest BCUT2D eigenvalue weighted by Crippen LogP contribution is 2.21. The van der Waals surface area contributed by atoms with Crippen molar-refractivity contribution in [3.63, 3.8) is 0 Å². The molecule has 0 saturated heterocycles. The number of amides is 1. The Morgan fingerprint density at radius 1 is 1.24 bits per heavy atom. The standard InChI is InChI=1S/C18H15BrFN3O2/c1-2-23(11-13-9-14(19)3-4-15(13)20)18(24)16-10-17(25-22-16)12-5-7-21-8-6-12/h3-10H,2,11H2,1H3. The Balaban J connectivity index is 1.81. The van der Waals surface area contributed by atoms with Crippen molar-refractivity contribution in [2.24, 2.45) is 0 Å². The van der Waals surface area contributed by atoms with Crippen LogP contribution in [-0.2, 0) is 6.54 Å². The molecule has 3 rings (SSSR count). The van der Waals surface area contributed by atoms with E-state index in [0.29, 0.717) is 17.9 Å². The third-order valence-corrected chi connectivity index (χ3v) is 4.23. The maximum Gasteiger partial charge on any atom is 0.276 e. The second-order valence-electron chi connectivity index (χ2n) is 5.37. The zero-order valence-corrected chi connectivity index (χ0v) is 15.0. The zero-order chi connectivity index (χ0) is 17.8. The summed E-state index contributed by atoms with van der Waals surface area (Å²) in [5.41, 5.74) is 1.40. The fraction of sp³-hybridized carbons (Fsp3) is 0.167. The average molecular weight is 404 g/mol. The molecule has 1 aromatic carbocycles. The molecule has 0 unspecified atom stereocenters. The summed E-state index contributed by atoms with van der Waals surface area (Å²) < 4.78 is 20.0. The Hall–Kier alpha value is -2.54. The molecule has 5 nitrogen and oxygen atoms in total. The van der Waals surface area contributed by atoms with E-state index in [4.69, 9.17) is 4.52 Å². The molecule has 0 aliphatic heterocycles. The summed E-state index contributed by atoms with van der Waals surface area (Å²) in [6.07, 6.45) is 3.27. The number of hydrogen-bond acceptors (Lipinski definition) is 4. The van der Waals surface area contributed by atoms with E-state index < -0.39 is 0 Å². The minimum Gasteiger partial charge on any atom is -0.355 e. The largest absolute Gasteiger partial charge is 0.355 e. The monoisotopic (exact) mass is 403 g/mol. The molecule has 7 heteroatoms. The van der Waals surface area contributed by atoms with Crippen molar-refractivity contribution in [2.75, 3.05) is 6.54 Å². The molecule has 128 valence electrons. The van der Waals surface area contributed by atoms with Crippen LogP contribution in [0.3, 0.4) is 0 Å². The Bertz CT molecular complexity index is 883. The fourth-order valence-electron chi connectivity index (χ4n) is 2.39. The fourth-order valence-corrected chi connectivity index (χ4v) is 2.80. The molecule has 2 aromatic heterocycles. The predicted molar refractivity (Wildman–Crippen MR) is 94.2 cm³/mol. The van der Waals surface area contributed by atoms with E-state index in [1.807, 2.05) is 6.92 Å². The first-order valence-corrected chi connectivity index (χ1v) is 8.48. The quantitative estimate of drug-likeness (QED) is 0.636. The molecule has 0 saturated carbocycles. The number of rotatable bonds is 5. The Morgan fingerprint density at radius 2 is 2.00 bits per heavy atom. The third kappa shape index (κ3) is 3.93. The van der Waals surface area contributed by atoms with Crippen LogP contribution in [-0.4, -0.2) is 27.5 Å². The highest BCUT2D eigenvalue weighted by atomic mass is 79.9. The molecule has 0 atom stereocenters. The summed E-state index contributed by atoms with van der Waals surface area (Å²) in [4.78, 5) is 18.1. The molecule has 2 heterocycles. The van der Waals surface area contributed by atoms with E-state index in [1.165, 1.54) is 11.0 Å². The molecule has 0 aliphatic carbocycles. The smallest absolute Gasteiger partial charge is 0.276 e. The lowest BCUT2D eigenvalue weighted by atomic mass is 10.1. The van der Waals surface area contributed by atoms with Crippen LogP contribution < -0.4 is 0 Å². The van der Waals surface area contributed by atoms with Crippen LogP contribution in [0.1, 0.15) is 23.0 Å². The van der Waals surface area contributed by atoms with Crippen LogP contribution in [0.2, 0.25) is 0 Å². The third-order valence-electron chi connectivity index (χ3n) is 3.73. The lowest BCUT2D eigenvalue weighted by Crippen LogP contribution is -2.30. The number of carbonyl (C=O) groups is 1. The highest BCUT2D eigenvalue weighted by molar-refractivity contribution is 9.10. The summed E-state index contributed by atoms with van der Waals surface area (Å²) in [7, 11) is 0. The zero-order valence-electron chi connectivity index (χ0n) is 13.4.